The molecule has 210 valence electrons. The molecule has 2 aromatic rings. The number of aromatic nitrogens is 2. The molecule has 11 heteroatoms. The van der Waals surface area contributed by atoms with E-state index in [0.717, 1.165) is 38.8 Å². The number of hydrogen-bond donors (Lipinski definition) is 2. The second-order valence-electron chi connectivity index (χ2n) is 10.2. The molecule has 1 amide bonds. The first kappa shape index (κ1) is 28.4. The highest BCUT2D eigenvalue weighted by Crippen LogP contribution is 2.38. The third-order valence-electron chi connectivity index (χ3n) is 7.00. The Hall–Kier alpha value is -3.57. The van der Waals surface area contributed by atoms with Crippen LogP contribution in [-0.2, 0) is 6.42 Å². The van der Waals surface area contributed by atoms with E-state index in [2.05, 4.69) is 44.4 Å². The summed E-state index contributed by atoms with van der Waals surface area (Å²) in [7, 11) is 3.76. The second kappa shape index (κ2) is 12.5. The maximum Gasteiger partial charge on any atom is 0.262 e. The van der Waals surface area contributed by atoms with Gasteiger partial charge in [-0.05, 0) is 40.3 Å². The van der Waals surface area contributed by atoms with E-state index >= 15 is 4.39 Å². The molecule has 1 unspecified atom stereocenters. The highest BCUT2D eigenvalue weighted by atomic mass is 19.1. The maximum atomic E-state index is 15.3. The highest BCUT2D eigenvalue weighted by molar-refractivity contribution is 6.01. The number of carbonyl (C=O) groups is 1. The molecule has 0 radical (unpaired) electrons. The van der Waals surface area contributed by atoms with Gasteiger partial charge < -0.3 is 25.2 Å². The lowest BCUT2D eigenvalue weighted by Gasteiger charge is -2.32. The number of amides is 1. The van der Waals surface area contributed by atoms with E-state index in [1.807, 2.05) is 26.0 Å². The van der Waals surface area contributed by atoms with Crippen LogP contribution < -0.4 is 15.4 Å². The van der Waals surface area contributed by atoms with Gasteiger partial charge in [-0.3, -0.25) is 9.69 Å². The molecule has 0 bridgehead atoms. The molecule has 1 fully saturated rings. The van der Waals surface area contributed by atoms with E-state index in [1.54, 1.807) is 13.2 Å². The number of piperazine rings is 1. The Morgan fingerprint density at radius 2 is 2.03 bits per heavy atom. The van der Waals surface area contributed by atoms with Gasteiger partial charge in [0.15, 0.2) is 17.4 Å². The SMILES string of the molecule is CCN(C)C(=O)c1c(NC=CC=C(C)CN2CCN(C)CC2)ncnc1Oc1cc(F)c2c(c1F)CC(C)N2. The quantitative estimate of drug-likeness (QED) is 0.459. The summed E-state index contributed by atoms with van der Waals surface area (Å²) < 4.78 is 35.7. The predicted molar refractivity (Wildman–Crippen MR) is 148 cm³/mol. The number of anilines is 2. The Bertz CT molecular complexity index is 1260. The molecule has 0 saturated carbocycles. The van der Waals surface area contributed by atoms with Gasteiger partial charge in [-0.1, -0.05) is 11.6 Å². The molecule has 1 atom stereocenters. The van der Waals surface area contributed by atoms with Crippen LogP contribution in [0.3, 0.4) is 0 Å². The Labute approximate surface area is 228 Å². The third-order valence-corrected chi connectivity index (χ3v) is 7.00. The average molecular weight is 542 g/mol. The summed E-state index contributed by atoms with van der Waals surface area (Å²) >= 11 is 0. The fraction of sp³-hybridized carbons (Fsp3) is 0.464. The molecule has 1 aromatic heterocycles. The minimum Gasteiger partial charge on any atom is -0.435 e. The van der Waals surface area contributed by atoms with Crippen LogP contribution in [0.5, 0.6) is 11.6 Å². The summed E-state index contributed by atoms with van der Waals surface area (Å²) in [6, 6.07) is 0.871. The van der Waals surface area contributed by atoms with Gasteiger partial charge in [-0.2, -0.15) is 0 Å². The number of likely N-dealkylation sites (N-methyl/N-ethyl adjacent to an activating group) is 1. The van der Waals surface area contributed by atoms with Gasteiger partial charge in [0.1, 0.15) is 17.7 Å². The molecule has 2 N–H and O–H groups in total. The largest absolute Gasteiger partial charge is 0.435 e. The molecule has 1 saturated heterocycles. The van der Waals surface area contributed by atoms with Crippen LogP contribution in [0.15, 0.2) is 36.3 Å². The molecular weight excluding hydrogens is 504 g/mol. The number of nitrogens with one attached hydrogen (secondary N) is 2. The van der Waals surface area contributed by atoms with Crippen LogP contribution in [0.1, 0.15) is 36.7 Å². The molecular formula is C28H37F2N7O2. The summed E-state index contributed by atoms with van der Waals surface area (Å²) in [6.07, 6.45) is 7.05. The van der Waals surface area contributed by atoms with Crippen molar-refractivity contribution in [2.75, 3.05) is 64.0 Å². The van der Waals surface area contributed by atoms with Gasteiger partial charge in [-0.25, -0.2) is 18.7 Å². The minimum atomic E-state index is -0.681. The van der Waals surface area contributed by atoms with E-state index in [4.69, 9.17) is 4.74 Å². The van der Waals surface area contributed by atoms with Crippen molar-refractivity contribution in [2.24, 2.45) is 0 Å². The third kappa shape index (κ3) is 6.72. The smallest absolute Gasteiger partial charge is 0.262 e. The molecule has 2 aliphatic rings. The second-order valence-corrected chi connectivity index (χ2v) is 10.2. The van der Waals surface area contributed by atoms with Crippen molar-refractivity contribution in [1.29, 1.82) is 0 Å². The maximum absolute atomic E-state index is 15.3. The van der Waals surface area contributed by atoms with E-state index in [-0.39, 0.29) is 40.3 Å². The molecule has 3 heterocycles. The molecule has 0 aliphatic carbocycles. The lowest BCUT2D eigenvalue weighted by Crippen LogP contribution is -2.44. The van der Waals surface area contributed by atoms with Gasteiger partial charge in [0.05, 0.1) is 5.69 Å². The Kier molecular flexibility index (Phi) is 9.13. The standard InChI is InChI=1S/C28H37F2N7O2/c1-6-36(5)28(38)23-26(31-9-7-8-18(2)16-37-12-10-35(4)11-13-37)32-17-33-27(23)39-22-15-21(29)25-20(24(22)30)14-19(3)34-25/h7-9,15,17,19,34H,6,10-14,16H2,1-5H3,(H,31,32,33). The minimum absolute atomic E-state index is 0.0245. The molecule has 9 nitrogen and oxygen atoms in total. The van der Waals surface area contributed by atoms with Crippen LogP contribution in [-0.4, -0.2) is 90.0 Å². The fourth-order valence-electron chi connectivity index (χ4n) is 4.62. The van der Waals surface area contributed by atoms with E-state index < -0.39 is 17.5 Å². The first-order chi connectivity index (χ1) is 18.7. The average Bonchev–Trinajstić information content (AvgIpc) is 3.32. The lowest BCUT2D eigenvalue weighted by atomic mass is 10.1. The number of carbonyl (C=O) groups excluding carboxylic acids is 1. The molecule has 39 heavy (non-hydrogen) atoms. The number of rotatable bonds is 9. The van der Waals surface area contributed by atoms with Gasteiger partial charge >= 0.3 is 0 Å². The zero-order chi connectivity index (χ0) is 28.1. The Morgan fingerprint density at radius 3 is 2.74 bits per heavy atom. The Morgan fingerprint density at radius 1 is 1.28 bits per heavy atom. The van der Waals surface area contributed by atoms with Crippen molar-refractivity contribution in [3.63, 3.8) is 0 Å². The number of hydrogen-bond acceptors (Lipinski definition) is 8. The molecule has 0 spiro atoms. The van der Waals surface area contributed by atoms with Crippen molar-refractivity contribution >= 4 is 17.4 Å². The molecule has 4 rings (SSSR count). The number of nitrogens with zero attached hydrogens (tertiary/aromatic N) is 5. The van der Waals surface area contributed by atoms with Gasteiger partial charge in [0, 0.05) is 70.2 Å². The number of fused-ring (bicyclic) bond motifs is 1. The van der Waals surface area contributed by atoms with Gasteiger partial charge in [0.25, 0.3) is 5.91 Å². The summed E-state index contributed by atoms with van der Waals surface area (Å²) in [5, 5.41) is 5.97. The molecule has 2 aliphatic heterocycles. The van der Waals surface area contributed by atoms with Crippen molar-refractivity contribution in [2.45, 2.75) is 33.2 Å². The number of halogens is 2. The van der Waals surface area contributed by atoms with Crippen molar-refractivity contribution in [3.05, 3.63) is 59.1 Å². The van der Waals surface area contributed by atoms with Gasteiger partial charge in [-0.15, -0.1) is 0 Å². The highest BCUT2D eigenvalue weighted by Gasteiger charge is 2.29. The Balaban J connectivity index is 1.56. The first-order valence-corrected chi connectivity index (χ1v) is 13.2. The van der Waals surface area contributed by atoms with E-state index in [9.17, 15) is 9.18 Å². The fourth-order valence-corrected chi connectivity index (χ4v) is 4.62. The zero-order valence-corrected chi connectivity index (χ0v) is 23.2. The van der Waals surface area contributed by atoms with Crippen molar-refractivity contribution < 1.29 is 18.3 Å². The topological polar surface area (TPSA) is 85.9 Å². The molecule has 1 aromatic carbocycles. The number of allylic oxidation sites excluding steroid dienone is 2. The number of benzene rings is 1. The van der Waals surface area contributed by atoms with Crippen LogP contribution >= 0.6 is 0 Å². The monoisotopic (exact) mass is 541 g/mol. The van der Waals surface area contributed by atoms with Crippen LogP contribution in [0.4, 0.5) is 20.3 Å². The normalized spacial score (nSPS) is 18.2. The van der Waals surface area contributed by atoms with Crippen LogP contribution in [0.2, 0.25) is 0 Å². The van der Waals surface area contributed by atoms with Crippen molar-refractivity contribution in [3.8, 4) is 11.6 Å². The lowest BCUT2D eigenvalue weighted by molar-refractivity contribution is 0.0799. The zero-order valence-electron chi connectivity index (χ0n) is 23.2. The first-order valence-electron chi connectivity index (χ1n) is 13.2. The summed E-state index contributed by atoms with van der Waals surface area (Å²) in [5.41, 5.74) is 1.58. The van der Waals surface area contributed by atoms with Gasteiger partial charge in [0.2, 0.25) is 5.88 Å². The van der Waals surface area contributed by atoms with Crippen LogP contribution in [0.25, 0.3) is 0 Å². The summed E-state index contributed by atoms with van der Waals surface area (Å²) in [5.74, 6) is -2.02. The van der Waals surface area contributed by atoms with Crippen molar-refractivity contribution in [1.82, 2.24) is 24.7 Å². The van der Waals surface area contributed by atoms with E-state index in [1.165, 1.54) is 16.8 Å². The summed E-state index contributed by atoms with van der Waals surface area (Å²) in [6.45, 7) is 11.2. The van der Waals surface area contributed by atoms with Crippen LogP contribution in [0, 0.1) is 11.6 Å². The van der Waals surface area contributed by atoms with E-state index in [0.29, 0.717) is 13.0 Å². The predicted octanol–water partition coefficient (Wildman–Crippen LogP) is 4.11. The number of ether oxygens (including phenoxy) is 1. The summed E-state index contributed by atoms with van der Waals surface area (Å²) in [4.78, 5) is 27.8.